The van der Waals surface area contributed by atoms with Gasteiger partial charge in [-0.3, -0.25) is 14.2 Å². The number of benzene rings is 2. The Labute approximate surface area is 164 Å². The Hall–Kier alpha value is -3.13. The number of hydrogen-bond acceptors (Lipinski definition) is 7. The maximum absolute atomic E-state index is 13.2. The molecule has 1 aromatic heterocycles. The molecular formula is C20H16N2O5S. The van der Waals surface area contributed by atoms with Crippen molar-refractivity contribution in [3.05, 3.63) is 64.4 Å². The van der Waals surface area contributed by atoms with Gasteiger partial charge in [-0.2, -0.15) is 0 Å². The Kier molecular flexibility index (Phi) is 4.87. The number of nitrogens with zero attached hydrogens (tertiary/aromatic N) is 2. The van der Waals surface area contributed by atoms with Gasteiger partial charge in [-0.1, -0.05) is 30.0 Å². The molecule has 0 bridgehead atoms. The van der Waals surface area contributed by atoms with Crippen LogP contribution < -0.4 is 5.56 Å². The largest absolute Gasteiger partial charge is 0.465 e. The van der Waals surface area contributed by atoms with E-state index in [0.717, 1.165) is 0 Å². The number of hydrogen-bond donors (Lipinski definition) is 0. The molecule has 0 aliphatic carbocycles. The Bertz CT molecular complexity index is 1130. The first-order valence-electron chi connectivity index (χ1n) is 8.62. The molecule has 4 rings (SSSR count). The quantitative estimate of drug-likeness (QED) is 0.495. The van der Waals surface area contributed by atoms with Crippen molar-refractivity contribution in [2.24, 2.45) is 0 Å². The zero-order valence-electron chi connectivity index (χ0n) is 15.0. The first kappa shape index (κ1) is 18.2. The lowest BCUT2D eigenvalue weighted by atomic mass is 10.1. The maximum atomic E-state index is 13.2. The summed E-state index contributed by atoms with van der Waals surface area (Å²) in [6.07, 6.45) is 0.550. The van der Waals surface area contributed by atoms with Crippen LogP contribution in [0.2, 0.25) is 0 Å². The molecule has 2 aromatic carbocycles. The third-order valence-corrected chi connectivity index (χ3v) is 5.61. The van der Waals surface area contributed by atoms with Gasteiger partial charge in [-0.25, -0.2) is 9.78 Å². The lowest BCUT2D eigenvalue weighted by Crippen LogP contribution is -2.23. The van der Waals surface area contributed by atoms with Gasteiger partial charge in [0.15, 0.2) is 5.16 Å². The molecule has 1 fully saturated rings. The SMILES string of the molecule is COC(=O)c1ccc2c(=O)n(-c3ccccc3)c(S[C@H]3CCOC3=O)nc2c1. The zero-order valence-corrected chi connectivity index (χ0v) is 15.8. The van der Waals surface area contributed by atoms with Crippen molar-refractivity contribution in [2.75, 3.05) is 13.7 Å². The molecule has 0 unspecified atom stereocenters. The van der Waals surface area contributed by atoms with Crippen molar-refractivity contribution in [1.82, 2.24) is 9.55 Å². The number of rotatable bonds is 4. The lowest BCUT2D eigenvalue weighted by molar-refractivity contribution is -0.137. The number of methoxy groups -OCH3 is 1. The molecule has 3 aromatic rings. The second-order valence-electron chi connectivity index (χ2n) is 6.16. The zero-order chi connectivity index (χ0) is 19.7. The molecule has 142 valence electrons. The standard InChI is InChI=1S/C20H16N2O5S/c1-26-18(24)12-7-8-14-15(11-12)21-20(28-16-9-10-27-19(16)25)22(17(14)23)13-5-3-2-4-6-13/h2-8,11,16H,9-10H2,1H3/t16-/m0/s1. The van der Waals surface area contributed by atoms with Crippen LogP contribution in [-0.4, -0.2) is 40.5 Å². The molecule has 1 atom stereocenters. The second kappa shape index (κ2) is 7.47. The van der Waals surface area contributed by atoms with E-state index >= 15 is 0 Å². The van der Waals surface area contributed by atoms with Crippen molar-refractivity contribution in [3.8, 4) is 5.69 Å². The molecule has 8 heteroatoms. The fourth-order valence-corrected chi connectivity index (χ4v) is 4.08. The van der Waals surface area contributed by atoms with Gasteiger partial charge in [-0.05, 0) is 30.3 Å². The molecule has 1 saturated heterocycles. The minimum absolute atomic E-state index is 0.276. The first-order chi connectivity index (χ1) is 13.6. The molecule has 0 N–H and O–H groups in total. The minimum Gasteiger partial charge on any atom is -0.465 e. The van der Waals surface area contributed by atoms with Crippen LogP contribution in [0.5, 0.6) is 0 Å². The van der Waals surface area contributed by atoms with E-state index in [-0.39, 0.29) is 11.5 Å². The van der Waals surface area contributed by atoms with E-state index in [9.17, 15) is 14.4 Å². The molecule has 2 heterocycles. The summed E-state index contributed by atoms with van der Waals surface area (Å²) >= 11 is 1.19. The number of carbonyl (C=O) groups excluding carboxylic acids is 2. The van der Waals surface area contributed by atoms with Gasteiger partial charge in [0.05, 0.1) is 35.9 Å². The predicted molar refractivity (Wildman–Crippen MR) is 104 cm³/mol. The monoisotopic (exact) mass is 396 g/mol. The number of ether oxygens (including phenoxy) is 2. The van der Waals surface area contributed by atoms with Crippen LogP contribution in [0.4, 0.5) is 0 Å². The van der Waals surface area contributed by atoms with Crippen LogP contribution in [0.3, 0.4) is 0 Å². The van der Waals surface area contributed by atoms with E-state index in [1.165, 1.54) is 35.6 Å². The van der Waals surface area contributed by atoms with Crippen molar-refractivity contribution < 1.29 is 19.1 Å². The molecular weight excluding hydrogens is 380 g/mol. The molecule has 1 aliphatic rings. The van der Waals surface area contributed by atoms with Gasteiger partial charge in [0.1, 0.15) is 5.25 Å². The topological polar surface area (TPSA) is 87.5 Å². The van der Waals surface area contributed by atoms with E-state index < -0.39 is 11.2 Å². The summed E-state index contributed by atoms with van der Waals surface area (Å²) < 4.78 is 11.3. The third kappa shape index (κ3) is 3.27. The van der Waals surface area contributed by atoms with E-state index in [4.69, 9.17) is 9.47 Å². The number of fused-ring (bicyclic) bond motifs is 1. The molecule has 0 saturated carbocycles. The van der Waals surface area contributed by atoms with E-state index in [1.807, 2.05) is 18.2 Å². The highest BCUT2D eigenvalue weighted by atomic mass is 32.2. The molecule has 7 nitrogen and oxygen atoms in total. The van der Waals surface area contributed by atoms with Gasteiger partial charge < -0.3 is 9.47 Å². The maximum Gasteiger partial charge on any atom is 0.337 e. The normalized spacial score (nSPS) is 16.2. The molecule has 0 spiro atoms. The smallest absolute Gasteiger partial charge is 0.337 e. The second-order valence-corrected chi connectivity index (χ2v) is 7.33. The number of carbonyl (C=O) groups is 2. The molecule has 28 heavy (non-hydrogen) atoms. The summed E-state index contributed by atoms with van der Waals surface area (Å²) in [5.74, 6) is -0.827. The highest BCUT2D eigenvalue weighted by Crippen LogP contribution is 2.30. The Balaban J connectivity index is 1.92. The fraction of sp³-hybridized carbons (Fsp3) is 0.200. The third-order valence-electron chi connectivity index (χ3n) is 4.41. The summed E-state index contributed by atoms with van der Waals surface area (Å²) in [6, 6.07) is 13.7. The number of esters is 2. The van der Waals surface area contributed by atoms with Crippen LogP contribution in [0.25, 0.3) is 16.6 Å². The van der Waals surface area contributed by atoms with Crippen molar-refractivity contribution >= 4 is 34.6 Å². The van der Waals surface area contributed by atoms with Crippen molar-refractivity contribution in [3.63, 3.8) is 0 Å². The van der Waals surface area contributed by atoms with Gasteiger partial charge in [0, 0.05) is 6.42 Å². The lowest BCUT2D eigenvalue weighted by Gasteiger charge is -2.14. The van der Waals surface area contributed by atoms with E-state index in [0.29, 0.717) is 40.3 Å². The van der Waals surface area contributed by atoms with E-state index in [2.05, 4.69) is 4.98 Å². The highest BCUT2D eigenvalue weighted by molar-refractivity contribution is 8.00. The summed E-state index contributed by atoms with van der Waals surface area (Å²) in [4.78, 5) is 41.6. The van der Waals surface area contributed by atoms with Crippen LogP contribution in [0.1, 0.15) is 16.8 Å². The Morgan fingerprint density at radius 1 is 1.21 bits per heavy atom. The Morgan fingerprint density at radius 2 is 2.00 bits per heavy atom. The number of aromatic nitrogens is 2. The molecule has 0 amide bonds. The van der Waals surface area contributed by atoms with Gasteiger partial charge in [0.25, 0.3) is 5.56 Å². The summed E-state index contributed by atoms with van der Waals surface area (Å²) in [5.41, 5.74) is 1.04. The molecule has 1 aliphatic heterocycles. The van der Waals surface area contributed by atoms with Crippen LogP contribution in [-0.2, 0) is 14.3 Å². The summed E-state index contributed by atoms with van der Waals surface area (Å²) in [7, 11) is 1.29. The number of para-hydroxylation sites is 1. The average Bonchev–Trinajstić information content (AvgIpc) is 3.12. The average molecular weight is 396 g/mol. The van der Waals surface area contributed by atoms with Gasteiger partial charge in [-0.15, -0.1) is 0 Å². The minimum atomic E-state index is -0.510. The number of thioether (sulfide) groups is 1. The fourth-order valence-electron chi connectivity index (χ4n) is 3.01. The molecule has 0 radical (unpaired) electrons. The number of cyclic esters (lactones) is 1. The predicted octanol–water partition coefficient (Wildman–Crippen LogP) is 2.58. The summed E-state index contributed by atoms with van der Waals surface area (Å²) in [6.45, 7) is 0.353. The van der Waals surface area contributed by atoms with Crippen LogP contribution >= 0.6 is 11.8 Å². The Morgan fingerprint density at radius 3 is 2.68 bits per heavy atom. The van der Waals surface area contributed by atoms with Crippen LogP contribution in [0.15, 0.2) is 58.5 Å². The van der Waals surface area contributed by atoms with Gasteiger partial charge in [0.2, 0.25) is 0 Å². The van der Waals surface area contributed by atoms with Crippen LogP contribution in [0, 0.1) is 0 Å². The van der Waals surface area contributed by atoms with Gasteiger partial charge >= 0.3 is 11.9 Å². The summed E-state index contributed by atoms with van der Waals surface area (Å²) in [5, 5.41) is 0.313. The van der Waals surface area contributed by atoms with Crippen molar-refractivity contribution in [1.29, 1.82) is 0 Å². The van der Waals surface area contributed by atoms with Crippen molar-refractivity contribution in [2.45, 2.75) is 16.8 Å². The van der Waals surface area contributed by atoms with E-state index in [1.54, 1.807) is 18.2 Å². The first-order valence-corrected chi connectivity index (χ1v) is 9.50. The highest BCUT2D eigenvalue weighted by Gasteiger charge is 2.30.